The quantitative estimate of drug-likeness (QED) is 0.667. The van der Waals surface area contributed by atoms with Gasteiger partial charge in [0.2, 0.25) is 5.91 Å². The van der Waals surface area contributed by atoms with Gasteiger partial charge in [0.15, 0.2) is 6.54 Å². The van der Waals surface area contributed by atoms with Crippen LogP contribution in [0.2, 0.25) is 0 Å². The second kappa shape index (κ2) is 10.9. The van der Waals surface area contributed by atoms with Crippen LogP contribution in [0.3, 0.4) is 0 Å². The van der Waals surface area contributed by atoms with Crippen molar-refractivity contribution in [3.63, 3.8) is 0 Å². The minimum atomic E-state index is -0.182. The van der Waals surface area contributed by atoms with E-state index in [0.29, 0.717) is 12.5 Å². The molecule has 2 aromatic rings. The largest absolute Gasteiger partial charge is 0.332 e. The highest BCUT2D eigenvalue weighted by Gasteiger charge is 2.22. The van der Waals surface area contributed by atoms with E-state index in [4.69, 9.17) is 0 Å². The van der Waals surface area contributed by atoms with E-state index in [1.54, 1.807) is 7.05 Å². The number of carbonyl (C=O) groups is 2. The zero-order chi connectivity index (χ0) is 22.3. The lowest BCUT2D eigenvalue weighted by atomic mass is 9.95. The molecule has 5 heteroatoms. The summed E-state index contributed by atoms with van der Waals surface area (Å²) in [5, 5.41) is 5.02. The SMILES string of the molecule is CCc1ccc([C@@H]([NH2+]CC(=O)N(C)CC(=O)Nc2c(C)cccc2C)C(C)C)cc1. The van der Waals surface area contributed by atoms with Gasteiger partial charge in [-0.3, -0.25) is 9.59 Å². The average Bonchev–Trinajstić information content (AvgIpc) is 2.71. The number of nitrogens with zero attached hydrogens (tertiary/aromatic N) is 1. The lowest BCUT2D eigenvalue weighted by Crippen LogP contribution is -2.88. The molecule has 1 atom stereocenters. The molecule has 0 heterocycles. The third-order valence-electron chi connectivity index (χ3n) is 5.59. The van der Waals surface area contributed by atoms with Gasteiger partial charge in [-0.05, 0) is 37.0 Å². The van der Waals surface area contributed by atoms with E-state index in [2.05, 4.69) is 55.7 Å². The topological polar surface area (TPSA) is 66.0 Å². The maximum absolute atomic E-state index is 12.6. The number of nitrogens with one attached hydrogen (secondary N) is 1. The molecule has 0 aliphatic heterocycles. The van der Waals surface area contributed by atoms with Crippen molar-refractivity contribution < 1.29 is 14.9 Å². The molecule has 2 rings (SSSR count). The number of nitrogens with two attached hydrogens (primary N) is 1. The molecular weight excluding hydrogens is 374 g/mol. The summed E-state index contributed by atoms with van der Waals surface area (Å²) in [7, 11) is 1.68. The fourth-order valence-electron chi connectivity index (χ4n) is 3.65. The fraction of sp³-hybridized carbons (Fsp3) is 0.440. The third kappa shape index (κ3) is 6.42. The van der Waals surface area contributed by atoms with Crippen LogP contribution in [-0.4, -0.2) is 36.9 Å². The summed E-state index contributed by atoms with van der Waals surface area (Å²) in [5.74, 6) is 0.157. The number of hydrogen-bond donors (Lipinski definition) is 2. The van der Waals surface area contributed by atoms with Gasteiger partial charge >= 0.3 is 0 Å². The van der Waals surface area contributed by atoms with Gasteiger partial charge < -0.3 is 15.5 Å². The first-order valence-corrected chi connectivity index (χ1v) is 10.7. The molecule has 0 saturated heterocycles. The van der Waals surface area contributed by atoms with Gasteiger partial charge in [0, 0.05) is 24.2 Å². The van der Waals surface area contributed by atoms with Crippen molar-refractivity contribution in [1.29, 1.82) is 0 Å². The van der Waals surface area contributed by atoms with Gasteiger partial charge in [0.05, 0.1) is 6.54 Å². The second-order valence-corrected chi connectivity index (χ2v) is 8.37. The number of hydrogen-bond acceptors (Lipinski definition) is 2. The van der Waals surface area contributed by atoms with Crippen molar-refractivity contribution in [3.05, 3.63) is 64.7 Å². The highest BCUT2D eigenvalue weighted by atomic mass is 16.2. The Bertz CT molecular complexity index is 839. The van der Waals surface area contributed by atoms with Gasteiger partial charge in [0.1, 0.15) is 6.04 Å². The minimum absolute atomic E-state index is 0.0397. The number of para-hydroxylation sites is 1. The summed E-state index contributed by atoms with van der Waals surface area (Å²) in [6.07, 6.45) is 1.02. The number of quaternary nitrogens is 1. The molecule has 0 bridgehead atoms. The molecule has 3 N–H and O–H groups in total. The summed E-state index contributed by atoms with van der Waals surface area (Å²) in [6, 6.07) is 14.7. The van der Waals surface area contributed by atoms with Crippen LogP contribution in [0.15, 0.2) is 42.5 Å². The Morgan fingerprint density at radius 3 is 2.17 bits per heavy atom. The average molecular weight is 411 g/mol. The number of carbonyl (C=O) groups excluding carboxylic acids is 2. The number of benzene rings is 2. The smallest absolute Gasteiger partial charge is 0.277 e. The normalized spacial score (nSPS) is 12.0. The van der Waals surface area contributed by atoms with E-state index in [-0.39, 0.29) is 24.4 Å². The van der Waals surface area contributed by atoms with Crippen LogP contribution in [0.25, 0.3) is 0 Å². The highest BCUT2D eigenvalue weighted by Crippen LogP contribution is 2.20. The molecule has 5 nitrogen and oxygen atoms in total. The number of anilines is 1. The number of rotatable bonds is 9. The first kappa shape index (κ1) is 23.6. The van der Waals surface area contributed by atoms with Gasteiger partial charge in [-0.25, -0.2) is 0 Å². The molecule has 0 unspecified atom stereocenters. The maximum Gasteiger partial charge on any atom is 0.277 e. The molecule has 0 saturated carbocycles. The number of amides is 2. The third-order valence-corrected chi connectivity index (χ3v) is 5.59. The molecule has 0 spiro atoms. The standard InChI is InChI=1S/C25H35N3O2/c1-7-20-11-13-21(14-12-20)24(17(2)3)26-15-23(30)28(6)16-22(29)27-25-18(4)9-8-10-19(25)5/h8-14,17,24,26H,7,15-16H2,1-6H3,(H,27,29)/p+1/t24-/m0/s1. The molecule has 162 valence electrons. The maximum atomic E-state index is 12.6. The molecule has 0 aromatic heterocycles. The van der Waals surface area contributed by atoms with Crippen LogP contribution >= 0.6 is 0 Å². The molecule has 0 aliphatic carbocycles. The van der Waals surface area contributed by atoms with E-state index in [1.807, 2.05) is 32.0 Å². The van der Waals surface area contributed by atoms with Crippen molar-refractivity contribution in [2.45, 2.75) is 47.1 Å². The zero-order valence-electron chi connectivity index (χ0n) is 19.2. The summed E-state index contributed by atoms with van der Waals surface area (Å²) in [6.45, 7) is 10.8. The van der Waals surface area contributed by atoms with Crippen molar-refractivity contribution in [3.8, 4) is 0 Å². The van der Waals surface area contributed by atoms with Gasteiger partial charge in [-0.2, -0.15) is 0 Å². The molecule has 0 aliphatic rings. The first-order chi connectivity index (χ1) is 14.2. The molecule has 0 fully saturated rings. The Morgan fingerprint density at radius 1 is 1.03 bits per heavy atom. The van der Waals surface area contributed by atoms with E-state index in [9.17, 15) is 9.59 Å². The zero-order valence-corrected chi connectivity index (χ0v) is 19.2. The Labute approximate surface area is 180 Å². The predicted molar refractivity (Wildman–Crippen MR) is 122 cm³/mol. The lowest BCUT2D eigenvalue weighted by molar-refractivity contribution is -0.692. The summed E-state index contributed by atoms with van der Waals surface area (Å²) in [4.78, 5) is 26.6. The van der Waals surface area contributed by atoms with Gasteiger partial charge in [-0.15, -0.1) is 0 Å². The number of aryl methyl sites for hydroxylation is 3. The van der Waals surface area contributed by atoms with E-state index < -0.39 is 0 Å². The van der Waals surface area contributed by atoms with Crippen molar-refractivity contribution in [2.75, 3.05) is 25.5 Å². The van der Waals surface area contributed by atoms with Crippen LogP contribution < -0.4 is 10.6 Å². The van der Waals surface area contributed by atoms with E-state index in [0.717, 1.165) is 23.2 Å². The summed E-state index contributed by atoms with van der Waals surface area (Å²) < 4.78 is 0. The van der Waals surface area contributed by atoms with E-state index in [1.165, 1.54) is 16.0 Å². The van der Waals surface area contributed by atoms with Crippen LogP contribution in [0, 0.1) is 19.8 Å². The fourth-order valence-corrected chi connectivity index (χ4v) is 3.65. The second-order valence-electron chi connectivity index (χ2n) is 8.37. The van der Waals surface area contributed by atoms with Crippen molar-refractivity contribution in [1.82, 2.24) is 4.90 Å². The highest BCUT2D eigenvalue weighted by molar-refractivity contribution is 5.95. The Morgan fingerprint density at radius 2 is 1.63 bits per heavy atom. The first-order valence-electron chi connectivity index (χ1n) is 10.7. The number of likely N-dealkylation sites (N-methyl/N-ethyl adjacent to an activating group) is 1. The molecule has 0 radical (unpaired) electrons. The van der Waals surface area contributed by atoms with E-state index >= 15 is 0 Å². The predicted octanol–water partition coefficient (Wildman–Crippen LogP) is 3.22. The van der Waals surface area contributed by atoms with Gasteiger partial charge in [-0.1, -0.05) is 63.2 Å². The lowest BCUT2D eigenvalue weighted by Gasteiger charge is -2.22. The monoisotopic (exact) mass is 410 g/mol. The molecule has 30 heavy (non-hydrogen) atoms. The van der Waals surface area contributed by atoms with Crippen molar-refractivity contribution in [2.24, 2.45) is 5.92 Å². The van der Waals surface area contributed by atoms with Crippen LogP contribution in [0.1, 0.15) is 49.1 Å². The Kier molecular flexibility index (Phi) is 8.60. The van der Waals surface area contributed by atoms with Crippen molar-refractivity contribution >= 4 is 17.5 Å². The molecule has 2 amide bonds. The van der Waals surface area contributed by atoms with Crippen LogP contribution in [-0.2, 0) is 16.0 Å². The summed E-state index contributed by atoms with van der Waals surface area (Å²) >= 11 is 0. The Balaban J connectivity index is 1.92. The van der Waals surface area contributed by atoms with Crippen LogP contribution in [0.4, 0.5) is 5.69 Å². The van der Waals surface area contributed by atoms with Crippen LogP contribution in [0.5, 0.6) is 0 Å². The summed E-state index contributed by atoms with van der Waals surface area (Å²) in [5.41, 5.74) is 5.39. The molecule has 2 aromatic carbocycles. The minimum Gasteiger partial charge on any atom is -0.332 e. The van der Waals surface area contributed by atoms with Gasteiger partial charge in [0.25, 0.3) is 5.91 Å². The molecular formula is C25H36N3O2+. The Hall–Kier alpha value is -2.66.